The number of thiazole rings is 1. The van der Waals surface area contributed by atoms with Crippen LogP contribution in [0.3, 0.4) is 0 Å². The van der Waals surface area contributed by atoms with E-state index >= 15 is 0 Å². The lowest BCUT2D eigenvalue weighted by Crippen LogP contribution is -2.42. The maximum absolute atomic E-state index is 14.2. The third kappa shape index (κ3) is 3.93. The average molecular weight is 440 g/mol. The van der Waals surface area contributed by atoms with Gasteiger partial charge in [0.1, 0.15) is 11.3 Å². The van der Waals surface area contributed by atoms with Gasteiger partial charge in [-0.05, 0) is 37.1 Å². The fourth-order valence-electron chi connectivity index (χ4n) is 4.22. The molecule has 0 bridgehead atoms. The number of benzene rings is 2. The van der Waals surface area contributed by atoms with Crippen molar-refractivity contribution in [1.82, 2.24) is 4.98 Å². The number of fused-ring (bicyclic) bond motifs is 1. The molecule has 0 N–H and O–H groups in total. The van der Waals surface area contributed by atoms with Crippen molar-refractivity contribution in [1.29, 1.82) is 0 Å². The number of para-hydroxylation sites is 2. The van der Waals surface area contributed by atoms with Crippen LogP contribution in [0.25, 0.3) is 10.2 Å². The molecule has 0 aliphatic carbocycles. The van der Waals surface area contributed by atoms with Gasteiger partial charge in [0.2, 0.25) is 11.8 Å². The summed E-state index contributed by atoms with van der Waals surface area (Å²) in [7, 11) is 0. The number of rotatable bonds is 5. The van der Waals surface area contributed by atoms with Crippen molar-refractivity contribution in [2.75, 3.05) is 29.5 Å². The summed E-state index contributed by atoms with van der Waals surface area (Å²) in [5.41, 5.74) is 1.05. The van der Waals surface area contributed by atoms with E-state index < -0.39 is 11.7 Å². The van der Waals surface area contributed by atoms with E-state index in [9.17, 15) is 14.0 Å². The van der Waals surface area contributed by atoms with Crippen LogP contribution in [0.1, 0.15) is 19.3 Å². The van der Waals surface area contributed by atoms with Crippen LogP contribution in [0.4, 0.5) is 15.2 Å². The highest BCUT2D eigenvalue weighted by Crippen LogP contribution is 2.34. The van der Waals surface area contributed by atoms with E-state index in [2.05, 4.69) is 4.98 Å². The fourth-order valence-corrected chi connectivity index (χ4v) is 5.22. The van der Waals surface area contributed by atoms with E-state index in [1.165, 1.54) is 17.4 Å². The van der Waals surface area contributed by atoms with E-state index in [1.807, 2.05) is 30.3 Å². The molecule has 2 atom stereocenters. The SMILES string of the molecule is O=C1C[C@H](C(=O)N(C[C@H]2CCCO2)c2nc3c(F)cccc3s2)CN1c1ccccc1. The number of amides is 2. The Morgan fingerprint density at radius 2 is 2.06 bits per heavy atom. The summed E-state index contributed by atoms with van der Waals surface area (Å²) in [6, 6.07) is 14.2. The zero-order valence-corrected chi connectivity index (χ0v) is 17.7. The van der Waals surface area contributed by atoms with Crippen molar-refractivity contribution in [3.05, 3.63) is 54.3 Å². The molecule has 0 radical (unpaired) electrons. The van der Waals surface area contributed by atoms with Gasteiger partial charge in [-0.25, -0.2) is 9.37 Å². The van der Waals surface area contributed by atoms with Gasteiger partial charge < -0.3 is 9.64 Å². The lowest BCUT2D eigenvalue weighted by atomic mass is 10.1. The van der Waals surface area contributed by atoms with Gasteiger partial charge in [-0.1, -0.05) is 35.6 Å². The third-order valence-corrected chi connectivity index (χ3v) is 6.85. The summed E-state index contributed by atoms with van der Waals surface area (Å²) >= 11 is 1.29. The van der Waals surface area contributed by atoms with Crippen LogP contribution in [0.5, 0.6) is 0 Å². The van der Waals surface area contributed by atoms with Crippen molar-refractivity contribution in [2.45, 2.75) is 25.4 Å². The first-order chi connectivity index (χ1) is 15.1. The molecule has 6 nitrogen and oxygen atoms in total. The molecule has 0 saturated carbocycles. The molecule has 0 spiro atoms. The monoisotopic (exact) mass is 439 g/mol. The highest BCUT2D eigenvalue weighted by Gasteiger charge is 2.39. The largest absolute Gasteiger partial charge is 0.376 e. The highest BCUT2D eigenvalue weighted by atomic mass is 32.1. The Kier molecular flexibility index (Phi) is 5.41. The number of aromatic nitrogens is 1. The number of hydrogen-bond acceptors (Lipinski definition) is 5. The van der Waals surface area contributed by atoms with Crippen molar-refractivity contribution in [3.63, 3.8) is 0 Å². The first-order valence-corrected chi connectivity index (χ1v) is 11.3. The molecule has 2 fully saturated rings. The second-order valence-electron chi connectivity index (χ2n) is 7.91. The van der Waals surface area contributed by atoms with Crippen LogP contribution in [0, 0.1) is 11.7 Å². The minimum atomic E-state index is -0.481. The minimum absolute atomic E-state index is 0.0723. The maximum Gasteiger partial charge on any atom is 0.234 e. The Morgan fingerprint density at radius 1 is 1.23 bits per heavy atom. The van der Waals surface area contributed by atoms with Crippen LogP contribution in [0.15, 0.2) is 48.5 Å². The topological polar surface area (TPSA) is 62.7 Å². The van der Waals surface area contributed by atoms with Crippen LogP contribution in [0.2, 0.25) is 0 Å². The molecule has 2 saturated heterocycles. The summed E-state index contributed by atoms with van der Waals surface area (Å²) in [5, 5.41) is 0.450. The Labute approximate surface area is 183 Å². The number of halogens is 1. The third-order valence-electron chi connectivity index (χ3n) is 5.81. The van der Waals surface area contributed by atoms with Crippen molar-refractivity contribution < 1.29 is 18.7 Å². The Bertz CT molecular complexity index is 1110. The number of hydrogen-bond donors (Lipinski definition) is 0. The summed E-state index contributed by atoms with van der Waals surface area (Å²) in [6.45, 7) is 1.35. The van der Waals surface area contributed by atoms with Gasteiger partial charge in [-0.15, -0.1) is 0 Å². The predicted molar refractivity (Wildman–Crippen MR) is 118 cm³/mol. The lowest BCUT2D eigenvalue weighted by molar-refractivity contribution is -0.124. The highest BCUT2D eigenvalue weighted by molar-refractivity contribution is 7.22. The van der Waals surface area contributed by atoms with Gasteiger partial charge >= 0.3 is 0 Å². The molecule has 2 aliphatic heterocycles. The molecule has 31 heavy (non-hydrogen) atoms. The van der Waals surface area contributed by atoms with Gasteiger partial charge in [-0.2, -0.15) is 0 Å². The number of ether oxygens (including phenoxy) is 1. The van der Waals surface area contributed by atoms with E-state index in [0.717, 1.165) is 18.5 Å². The number of carbonyl (C=O) groups is 2. The van der Waals surface area contributed by atoms with Crippen molar-refractivity contribution in [2.24, 2.45) is 5.92 Å². The zero-order chi connectivity index (χ0) is 21.4. The van der Waals surface area contributed by atoms with E-state index in [1.54, 1.807) is 21.9 Å². The quantitative estimate of drug-likeness (QED) is 0.603. The van der Waals surface area contributed by atoms with Crippen LogP contribution >= 0.6 is 11.3 Å². The molecule has 160 valence electrons. The van der Waals surface area contributed by atoms with Gasteiger partial charge in [0, 0.05) is 25.3 Å². The Balaban J connectivity index is 1.44. The van der Waals surface area contributed by atoms with Crippen LogP contribution < -0.4 is 9.80 Å². The van der Waals surface area contributed by atoms with E-state index in [0.29, 0.717) is 29.5 Å². The molecular weight excluding hydrogens is 417 g/mol. The molecule has 8 heteroatoms. The van der Waals surface area contributed by atoms with E-state index in [4.69, 9.17) is 4.74 Å². The lowest BCUT2D eigenvalue weighted by Gasteiger charge is -2.25. The van der Waals surface area contributed by atoms with Gasteiger partial charge in [0.05, 0.1) is 23.3 Å². The summed E-state index contributed by atoms with van der Waals surface area (Å²) in [5.74, 6) is -1.12. The molecule has 3 heterocycles. The summed E-state index contributed by atoms with van der Waals surface area (Å²) < 4.78 is 20.7. The second kappa shape index (κ2) is 8.36. The summed E-state index contributed by atoms with van der Waals surface area (Å²) in [6.07, 6.45) is 1.88. The number of carbonyl (C=O) groups excluding carboxylic acids is 2. The Hall–Kier alpha value is -2.84. The standard InChI is InChI=1S/C23H22FN3O3S/c24-18-9-4-10-19-21(18)25-23(31-19)27(14-17-8-5-11-30-17)22(29)15-12-20(28)26(13-15)16-6-2-1-3-7-16/h1-4,6-7,9-10,15,17H,5,8,11-14H2/t15-,17+/m0/s1. The Morgan fingerprint density at radius 3 is 2.81 bits per heavy atom. The molecule has 5 rings (SSSR count). The van der Waals surface area contributed by atoms with Crippen molar-refractivity contribution in [3.8, 4) is 0 Å². The van der Waals surface area contributed by atoms with Crippen LogP contribution in [-0.2, 0) is 14.3 Å². The molecule has 2 amide bonds. The first-order valence-electron chi connectivity index (χ1n) is 10.4. The molecular formula is C23H22FN3O3S. The van der Waals surface area contributed by atoms with Crippen LogP contribution in [-0.4, -0.2) is 42.6 Å². The minimum Gasteiger partial charge on any atom is -0.376 e. The molecule has 0 unspecified atom stereocenters. The maximum atomic E-state index is 14.2. The molecule has 2 aliphatic rings. The second-order valence-corrected chi connectivity index (χ2v) is 8.92. The van der Waals surface area contributed by atoms with Gasteiger partial charge in [-0.3, -0.25) is 14.5 Å². The first kappa shape index (κ1) is 20.1. The normalized spacial score (nSPS) is 21.2. The number of nitrogens with zero attached hydrogens (tertiary/aromatic N) is 3. The zero-order valence-electron chi connectivity index (χ0n) is 16.9. The molecule has 3 aromatic rings. The summed E-state index contributed by atoms with van der Waals surface area (Å²) in [4.78, 5) is 33.9. The van der Waals surface area contributed by atoms with Gasteiger partial charge in [0.15, 0.2) is 5.13 Å². The van der Waals surface area contributed by atoms with E-state index in [-0.39, 0.29) is 29.9 Å². The van der Waals surface area contributed by atoms with Gasteiger partial charge in [0.25, 0.3) is 0 Å². The fraction of sp³-hybridized carbons (Fsp3) is 0.348. The predicted octanol–water partition coefficient (Wildman–Crippen LogP) is 4.00. The van der Waals surface area contributed by atoms with Crippen molar-refractivity contribution >= 4 is 44.2 Å². The molecule has 1 aromatic heterocycles. The smallest absolute Gasteiger partial charge is 0.234 e. The number of anilines is 2. The molecule has 2 aromatic carbocycles. The average Bonchev–Trinajstić information content (AvgIpc) is 3.52.